The fourth-order valence-electron chi connectivity index (χ4n) is 2.25. The van der Waals surface area contributed by atoms with Gasteiger partial charge in [-0.05, 0) is 6.92 Å². The van der Waals surface area contributed by atoms with Crippen molar-refractivity contribution in [1.29, 1.82) is 0 Å². The number of halogens is 1. The molecule has 3 rings (SSSR count). The fourth-order valence-corrected chi connectivity index (χ4v) is 2.39. The Bertz CT molecular complexity index is 521. The number of aliphatic imine (C=N–C) groups is 1. The maximum atomic E-state index is 9.98. The second kappa shape index (κ2) is 4.43. The number of hydrogen-bond donors (Lipinski definition) is 3. The van der Waals surface area contributed by atoms with Crippen molar-refractivity contribution in [2.24, 2.45) is 10.7 Å². The van der Waals surface area contributed by atoms with Crippen LogP contribution in [0.3, 0.4) is 0 Å². The summed E-state index contributed by atoms with van der Waals surface area (Å²) < 4.78 is 8.28. The first-order valence-electron chi connectivity index (χ1n) is 5.83. The highest BCUT2D eigenvalue weighted by molar-refractivity contribution is 6.19. The van der Waals surface area contributed by atoms with E-state index in [4.69, 9.17) is 22.2 Å². The second-order valence-electron chi connectivity index (χ2n) is 4.61. The van der Waals surface area contributed by atoms with Gasteiger partial charge in [0.2, 0.25) is 0 Å². The molecule has 4 N–H and O–H groups in total. The molecule has 3 heterocycles. The van der Waals surface area contributed by atoms with Gasteiger partial charge in [-0.3, -0.25) is 8.99 Å². The highest BCUT2D eigenvalue weighted by Crippen LogP contribution is 2.37. The summed E-state index contributed by atoms with van der Waals surface area (Å²) in [5, 5.41) is 19.7. The predicted octanol–water partition coefficient (Wildman–Crippen LogP) is -0.391. The molecule has 104 valence electrons. The topological polar surface area (TPSA) is 109 Å². The molecule has 9 heteroatoms. The van der Waals surface area contributed by atoms with Gasteiger partial charge in [-0.25, -0.2) is 9.98 Å². The summed E-state index contributed by atoms with van der Waals surface area (Å²) in [5.41, 5.74) is 6.35. The number of aliphatic hydroxyl groups is 2. The van der Waals surface area contributed by atoms with E-state index in [0.29, 0.717) is 11.5 Å². The summed E-state index contributed by atoms with van der Waals surface area (Å²) in [4.78, 5) is 8.27. The quantitative estimate of drug-likeness (QED) is 0.607. The summed E-state index contributed by atoms with van der Waals surface area (Å²) in [6.07, 6.45) is -0.986. The van der Waals surface area contributed by atoms with Crippen LogP contribution in [-0.4, -0.2) is 48.8 Å². The maximum Gasteiger partial charge on any atom is 0.165 e. The molecular formula is C10H14ClN5O3. The van der Waals surface area contributed by atoms with Crippen molar-refractivity contribution in [3.05, 3.63) is 12.0 Å². The van der Waals surface area contributed by atoms with Crippen molar-refractivity contribution in [2.75, 3.05) is 0 Å². The Labute approximate surface area is 114 Å². The van der Waals surface area contributed by atoms with Crippen LogP contribution in [0.5, 0.6) is 0 Å². The predicted molar refractivity (Wildman–Crippen MR) is 66.6 cm³/mol. The van der Waals surface area contributed by atoms with Gasteiger partial charge in [0.1, 0.15) is 30.4 Å². The summed E-state index contributed by atoms with van der Waals surface area (Å²) in [6.45, 7) is 1.69. The standard InChI is InChI=1S/C10H14ClN5O3/c1-4-6(17)7(18)10(19-4)15-2-13-5-8(12)16(11)3-14-9(5)15/h2-4,6-8,10,17-18H,12H2,1H3/t4-,6?,7?,8?,10-/m1/s1. The lowest BCUT2D eigenvalue weighted by molar-refractivity contribution is -0.0311. The van der Waals surface area contributed by atoms with Crippen molar-refractivity contribution in [3.63, 3.8) is 0 Å². The summed E-state index contributed by atoms with van der Waals surface area (Å²) in [7, 11) is 0. The molecule has 1 aromatic rings. The molecule has 1 saturated heterocycles. The Balaban J connectivity index is 1.97. The van der Waals surface area contributed by atoms with Gasteiger partial charge in [0.05, 0.1) is 12.4 Å². The van der Waals surface area contributed by atoms with E-state index in [1.165, 1.54) is 17.1 Å². The van der Waals surface area contributed by atoms with Gasteiger partial charge < -0.3 is 20.7 Å². The Kier molecular flexibility index (Phi) is 2.99. The third-order valence-corrected chi connectivity index (χ3v) is 3.68. The molecular weight excluding hydrogens is 274 g/mol. The van der Waals surface area contributed by atoms with E-state index >= 15 is 0 Å². The molecule has 5 atom stereocenters. The van der Waals surface area contributed by atoms with Crippen molar-refractivity contribution in [3.8, 4) is 0 Å². The smallest absolute Gasteiger partial charge is 0.165 e. The van der Waals surface area contributed by atoms with E-state index in [9.17, 15) is 10.2 Å². The number of fused-ring (bicyclic) bond motifs is 1. The lowest BCUT2D eigenvalue weighted by Gasteiger charge is -2.23. The van der Waals surface area contributed by atoms with Gasteiger partial charge in [0.25, 0.3) is 0 Å². The van der Waals surface area contributed by atoms with Crippen LogP contribution in [0.1, 0.15) is 25.0 Å². The second-order valence-corrected chi connectivity index (χ2v) is 5.00. The van der Waals surface area contributed by atoms with Crippen LogP contribution in [0.2, 0.25) is 0 Å². The van der Waals surface area contributed by atoms with Crippen molar-refractivity contribution < 1.29 is 14.9 Å². The monoisotopic (exact) mass is 287 g/mol. The number of aliphatic hydroxyl groups excluding tert-OH is 2. The van der Waals surface area contributed by atoms with Gasteiger partial charge in [0.15, 0.2) is 12.0 Å². The average Bonchev–Trinajstić information content (AvgIpc) is 2.91. The molecule has 0 bridgehead atoms. The van der Waals surface area contributed by atoms with E-state index in [0.717, 1.165) is 0 Å². The Morgan fingerprint density at radius 1 is 1.42 bits per heavy atom. The molecule has 0 aromatic carbocycles. The molecule has 2 aliphatic heterocycles. The SMILES string of the molecule is C[C@H]1O[C@@H](n2cnc3c2N=CN(Cl)C3N)C(O)C1O. The molecule has 8 nitrogen and oxygen atoms in total. The number of rotatable bonds is 1. The van der Waals surface area contributed by atoms with Crippen molar-refractivity contribution in [2.45, 2.75) is 37.6 Å². The Hall–Kier alpha value is -1.19. The third kappa shape index (κ3) is 1.84. The summed E-state index contributed by atoms with van der Waals surface area (Å²) >= 11 is 5.83. The van der Waals surface area contributed by atoms with Gasteiger partial charge >= 0.3 is 0 Å². The first-order valence-corrected chi connectivity index (χ1v) is 6.16. The zero-order chi connectivity index (χ0) is 13.7. The van der Waals surface area contributed by atoms with Crippen LogP contribution >= 0.6 is 11.8 Å². The molecule has 0 radical (unpaired) electrons. The molecule has 0 spiro atoms. The minimum Gasteiger partial charge on any atom is -0.388 e. The van der Waals surface area contributed by atoms with Crippen LogP contribution < -0.4 is 5.73 Å². The number of aromatic nitrogens is 2. The minimum absolute atomic E-state index is 0.467. The molecule has 0 aliphatic carbocycles. The largest absolute Gasteiger partial charge is 0.388 e. The van der Waals surface area contributed by atoms with Crippen LogP contribution in [0.4, 0.5) is 5.82 Å². The van der Waals surface area contributed by atoms with Crippen LogP contribution in [-0.2, 0) is 4.74 Å². The molecule has 1 aromatic heterocycles. The number of nitrogens with zero attached hydrogens (tertiary/aromatic N) is 4. The first kappa shape index (κ1) is 12.8. The maximum absolute atomic E-state index is 9.98. The van der Waals surface area contributed by atoms with E-state index in [-0.39, 0.29) is 0 Å². The molecule has 3 unspecified atom stereocenters. The molecule has 1 fully saturated rings. The van der Waals surface area contributed by atoms with E-state index in [1.54, 1.807) is 11.5 Å². The van der Waals surface area contributed by atoms with Crippen molar-refractivity contribution in [1.82, 2.24) is 14.0 Å². The zero-order valence-electron chi connectivity index (χ0n) is 10.1. The van der Waals surface area contributed by atoms with Gasteiger partial charge in [-0.15, -0.1) is 0 Å². The molecule has 2 aliphatic rings. The number of nitrogens with two attached hydrogens (primary N) is 1. The highest BCUT2D eigenvalue weighted by Gasteiger charge is 2.43. The third-order valence-electron chi connectivity index (χ3n) is 3.38. The van der Waals surface area contributed by atoms with Gasteiger partial charge in [-0.1, -0.05) is 0 Å². The first-order chi connectivity index (χ1) is 9.00. The molecule has 19 heavy (non-hydrogen) atoms. The van der Waals surface area contributed by atoms with Gasteiger partial charge in [0, 0.05) is 11.8 Å². The highest BCUT2D eigenvalue weighted by atomic mass is 35.5. The number of ether oxygens (including phenoxy) is 1. The normalized spacial score (nSPS) is 37.7. The summed E-state index contributed by atoms with van der Waals surface area (Å²) in [6, 6.07) is 0. The summed E-state index contributed by atoms with van der Waals surface area (Å²) in [5.74, 6) is 0.467. The van der Waals surface area contributed by atoms with Crippen LogP contribution in [0.15, 0.2) is 11.3 Å². The number of hydrogen-bond acceptors (Lipinski definition) is 7. The zero-order valence-corrected chi connectivity index (χ0v) is 10.8. The number of imidazole rings is 1. The lowest BCUT2D eigenvalue weighted by Crippen LogP contribution is -2.31. The average molecular weight is 288 g/mol. The van der Waals surface area contributed by atoms with Crippen LogP contribution in [0, 0.1) is 0 Å². The lowest BCUT2D eigenvalue weighted by atomic mass is 10.1. The molecule has 0 amide bonds. The molecule has 0 saturated carbocycles. The fraction of sp³-hybridized carbons (Fsp3) is 0.600. The van der Waals surface area contributed by atoms with E-state index in [1.807, 2.05) is 0 Å². The van der Waals surface area contributed by atoms with E-state index in [2.05, 4.69) is 9.98 Å². The van der Waals surface area contributed by atoms with Crippen molar-refractivity contribution >= 4 is 23.9 Å². The van der Waals surface area contributed by atoms with E-state index < -0.39 is 30.7 Å². The van der Waals surface area contributed by atoms with Crippen LogP contribution in [0.25, 0.3) is 0 Å². The van der Waals surface area contributed by atoms with Gasteiger partial charge in [-0.2, -0.15) is 0 Å². The minimum atomic E-state index is -1.05. The Morgan fingerprint density at radius 3 is 2.79 bits per heavy atom. The Morgan fingerprint density at radius 2 is 2.16 bits per heavy atom.